The van der Waals surface area contributed by atoms with Gasteiger partial charge in [0, 0.05) is 32.2 Å². The summed E-state index contributed by atoms with van der Waals surface area (Å²) >= 11 is 0. The highest BCUT2D eigenvalue weighted by atomic mass is 19.3. The number of nitrogens with zero attached hydrogens (tertiary/aromatic N) is 6. The van der Waals surface area contributed by atoms with Crippen LogP contribution in [0.3, 0.4) is 0 Å². The quantitative estimate of drug-likeness (QED) is 0.451. The minimum Gasteiger partial charge on any atom is -0.444 e. The largest absolute Gasteiger partial charge is 0.444 e. The second kappa shape index (κ2) is 11.5. The second-order valence-electron chi connectivity index (χ2n) is 11.4. The molecule has 0 aliphatic carbocycles. The van der Waals surface area contributed by atoms with Crippen LogP contribution in [0, 0.1) is 5.92 Å². The van der Waals surface area contributed by atoms with Crippen LogP contribution in [-0.2, 0) is 9.47 Å². The monoisotopic (exact) mass is 557 g/mol. The van der Waals surface area contributed by atoms with Gasteiger partial charge in [-0.3, -0.25) is 4.57 Å². The number of hydrogen-bond acceptors (Lipinski definition) is 8. The molecule has 1 aromatic carbocycles. The molecule has 216 valence electrons. The molecule has 0 saturated carbocycles. The van der Waals surface area contributed by atoms with Crippen LogP contribution in [0.25, 0.3) is 16.9 Å². The van der Waals surface area contributed by atoms with Crippen molar-refractivity contribution in [3.05, 3.63) is 36.2 Å². The van der Waals surface area contributed by atoms with Crippen molar-refractivity contribution in [2.24, 2.45) is 5.92 Å². The van der Waals surface area contributed by atoms with Crippen molar-refractivity contribution in [3.63, 3.8) is 0 Å². The van der Waals surface area contributed by atoms with Crippen molar-refractivity contribution < 1.29 is 23.0 Å². The van der Waals surface area contributed by atoms with Gasteiger partial charge in [0.2, 0.25) is 5.95 Å². The number of piperidine rings is 1. The number of nitrogens with one attached hydrogen (secondary N) is 1. The Balaban J connectivity index is 1.44. The molecule has 3 aromatic rings. The number of imidazole rings is 1. The van der Waals surface area contributed by atoms with Crippen LogP contribution in [0.1, 0.15) is 52.8 Å². The number of alkyl halides is 2. The Hall–Kier alpha value is -3.54. The van der Waals surface area contributed by atoms with E-state index in [1.165, 1.54) is 4.57 Å². The van der Waals surface area contributed by atoms with Crippen LogP contribution in [0.4, 0.5) is 25.3 Å². The normalized spacial score (nSPS) is 20.3. The van der Waals surface area contributed by atoms with Gasteiger partial charge in [-0.25, -0.2) is 18.6 Å². The van der Waals surface area contributed by atoms with Crippen molar-refractivity contribution in [3.8, 4) is 5.82 Å². The lowest BCUT2D eigenvalue weighted by atomic mass is 9.98. The van der Waals surface area contributed by atoms with E-state index < -0.39 is 12.0 Å². The van der Waals surface area contributed by atoms with E-state index in [0.717, 1.165) is 12.8 Å². The fraction of sp³-hybridized carbons (Fsp3) is 0.571. The van der Waals surface area contributed by atoms with Crippen LogP contribution in [-0.4, -0.2) is 81.5 Å². The van der Waals surface area contributed by atoms with Crippen molar-refractivity contribution >= 4 is 28.9 Å². The molecule has 0 unspecified atom stereocenters. The molecule has 2 aromatic heterocycles. The number of carbonyl (C=O) groups excluding carboxylic acids is 1. The van der Waals surface area contributed by atoms with Crippen molar-refractivity contribution in [2.45, 2.75) is 58.6 Å². The number of hydrogen-bond donors (Lipinski definition) is 1. The fourth-order valence-electron chi connectivity index (χ4n) is 5.22. The molecule has 0 spiro atoms. The molecule has 10 nitrogen and oxygen atoms in total. The first-order valence-electron chi connectivity index (χ1n) is 13.8. The molecule has 2 aliphatic heterocycles. The zero-order valence-electron chi connectivity index (χ0n) is 23.4. The van der Waals surface area contributed by atoms with Crippen molar-refractivity contribution in [2.75, 3.05) is 49.6 Å². The standard InChI is InChI=1S/C28H37F2N7O3/c1-18-17-39-13-12-36(18)22-14-23(37-21-10-6-5-9-20(21)32-25(37)24(29)30)34-26(33-22)31-15-19-8-7-11-35(16-19)27(38)40-28(2,3)4/h5-6,9-10,14,18-19,24H,7-8,11-13,15-17H2,1-4H3,(H,31,33,34)/t18-,19+/m0/s1. The van der Waals surface area contributed by atoms with E-state index in [-0.39, 0.29) is 23.9 Å². The number of halogens is 2. The first-order valence-corrected chi connectivity index (χ1v) is 13.8. The Morgan fingerprint density at radius 3 is 2.70 bits per heavy atom. The molecule has 0 bridgehead atoms. The highest BCUT2D eigenvalue weighted by molar-refractivity contribution is 5.78. The number of ether oxygens (including phenoxy) is 2. The molecular formula is C28H37F2N7O3. The smallest absolute Gasteiger partial charge is 0.410 e. The van der Waals surface area contributed by atoms with E-state index in [2.05, 4.69) is 20.2 Å². The van der Waals surface area contributed by atoms with Gasteiger partial charge in [0.1, 0.15) is 17.2 Å². The van der Waals surface area contributed by atoms with E-state index in [0.29, 0.717) is 68.0 Å². The van der Waals surface area contributed by atoms with Crippen LogP contribution >= 0.6 is 0 Å². The molecule has 4 heterocycles. The fourth-order valence-corrected chi connectivity index (χ4v) is 5.22. The number of fused-ring (bicyclic) bond motifs is 1. The molecule has 5 rings (SSSR count). The molecule has 1 amide bonds. The summed E-state index contributed by atoms with van der Waals surface area (Å²) in [6.07, 6.45) is -1.31. The summed E-state index contributed by atoms with van der Waals surface area (Å²) in [5.41, 5.74) is 0.457. The summed E-state index contributed by atoms with van der Waals surface area (Å²) in [7, 11) is 0. The number of para-hydroxylation sites is 2. The zero-order chi connectivity index (χ0) is 28.4. The SMILES string of the molecule is C[C@H]1COCCN1c1cc(-n2c(C(F)F)nc3ccccc32)nc(NC[C@H]2CCCN(C(=O)OC(C)(C)C)C2)n1. The average molecular weight is 558 g/mol. The highest BCUT2D eigenvalue weighted by Gasteiger charge is 2.29. The first-order chi connectivity index (χ1) is 19.1. The summed E-state index contributed by atoms with van der Waals surface area (Å²) in [5.74, 6) is 1.06. The predicted octanol–water partition coefficient (Wildman–Crippen LogP) is 5.04. The van der Waals surface area contributed by atoms with Gasteiger partial charge in [-0.2, -0.15) is 9.97 Å². The molecule has 0 radical (unpaired) electrons. The molecule has 2 atom stereocenters. The third-order valence-corrected chi connectivity index (χ3v) is 7.09. The summed E-state index contributed by atoms with van der Waals surface area (Å²) in [5, 5.41) is 3.34. The lowest BCUT2D eigenvalue weighted by molar-refractivity contribution is 0.0172. The number of anilines is 2. The van der Waals surface area contributed by atoms with Crippen molar-refractivity contribution in [1.82, 2.24) is 24.4 Å². The maximum Gasteiger partial charge on any atom is 0.410 e. The number of likely N-dealkylation sites (tertiary alicyclic amines) is 1. The van der Waals surface area contributed by atoms with Gasteiger partial charge < -0.3 is 24.6 Å². The Morgan fingerprint density at radius 2 is 1.95 bits per heavy atom. The van der Waals surface area contributed by atoms with Crippen LogP contribution in [0.5, 0.6) is 0 Å². The van der Waals surface area contributed by atoms with Crippen LogP contribution in [0.15, 0.2) is 30.3 Å². The Morgan fingerprint density at radius 1 is 1.18 bits per heavy atom. The van der Waals surface area contributed by atoms with Gasteiger partial charge in [0.15, 0.2) is 5.82 Å². The maximum atomic E-state index is 14.2. The molecule has 12 heteroatoms. The summed E-state index contributed by atoms with van der Waals surface area (Å²) < 4.78 is 40.9. The van der Waals surface area contributed by atoms with Crippen LogP contribution in [0.2, 0.25) is 0 Å². The van der Waals surface area contributed by atoms with E-state index in [1.807, 2.05) is 27.7 Å². The van der Waals surface area contributed by atoms with Crippen molar-refractivity contribution in [1.29, 1.82) is 0 Å². The number of rotatable bonds is 6. The number of aromatic nitrogens is 4. The second-order valence-corrected chi connectivity index (χ2v) is 11.4. The summed E-state index contributed by atoms with van der Waals surface area (Å²) in [6, 6.07) is 8.82. The molecular weight excluding hydrogens is 520 g/mol. The van der Waals surface area contributed by atoms with Gasteiger partial charge in [-0.15, -0.1) is 0 Å². The van der Waals surface area contributed by atoms with E-state index in [9.17, 15) is 13.6 Å². The minimum absolute atomic E-state index is 0.0548. The third-order valence-electron chi connectivity index (χ3n) is 7.09. The van der Waals surface area contributed by atoms with E-state index in [1.54, 1.807) is 35.2 Å². The topological polar surface area (TPSA) is 97.6 Å². The summed E-state index contributed by atoms with van der Waals surface area (Å²) in [6.45, 7) is 11.0. The number of benzene rings is 1. The van der Waals surface area contributed by atoms with E-state index in [4.69, 9.17) is 14.5 Å². The maximum absolute atomic E-state index is 14.2. The lowest BCUT2D eigenvalue weighted by Gasteiger charge is -2.35. The number of carbonyl (C=O) groups is 1. The van der Waals surface area contributed by atoms with Crippen LogP contribution < -0.4 is 10.2 Å². The van der Waals surface area contributed by atoms with E-state index >= 15 is 0 Å². The number of morpholine rings is 1. The van der Waals surface area contributed by atoms with Gasteiger partial charge in [0.05, 0.1) is 30.3 Å². The van der Waals surface area contributed by atoms with Gasteiger partial charge in [-0.05, 0) is 58.6 Å². The van der Waals surface area contributed by atoms with Gasteiger partial charge in [-0.1, -0.05) is 12.1 Å². The van der Waals surface area contributed by atoms with Gasteiger partial charge in [0.25, 0.3) is 6.43 Å². The third kappa shape index (κ3) is 6.27. The molecule has 2 aliphatic rings. The molecule has 1 N–H and O–H groups in total. The minimum atomic E-state index is -2.79. The summed E-state index contributed by atoms with van der Waals surface area (Å²) in [4.78, 5) is 30.1. The molecule has 40 heavy (non-hydrogen) atoms. The predicted molar refractivity (Wildman–Crippen MR) is 148 cm³/mol. The molecule has 2 saturated heterocycles. The van der Waals surface area contributed by atoms with Gasteiger partial charge >= 0.3 is 6.09 Å². The Labute approximate surface area is 232 Å². The first kappa shape index (κ1) is 28.0. The molecule has 2 fully saturated rings. The Bertz CT molecular complexity index is 1340. The average Bonchev–Trinajstić information content (AvgIpc) is 3.31. The zero-order valence-corrected chi connectivity index (χ0v) is 23.4. The Kier molecular flexibility index (Phi) is 8.07. The highest BCUT2D eigenvalue weighted by Crippen LogP contribution is 2.30. The lowest BCUT2D eigenvalue weighted by Crippen LogP contribution is -2.44. The number of amides is 1.